The number of fused-ring (bicyclic) bond motifs is 16. The fourth-order valence-corrected chi connectivity index (χ4v) is 14.7. The monoisotopic (exact) mass is 988 g/mol. The van der Waals surface area contributed by atoms with Gasteiger partial charge in [0.1, 0.15) is 5.65 Å². The fraction of sp³-hybridized carbons (Fsp3) is 0.0484. The molecule has 0 saturated heterocycles. The molecule has 11 aromatic rings. The second kappa shape index (κ2) is 15.5. The maximum absolute atomic E-state index is 16.0. The number of nitrogens with zero attached hydrogens (tertiary/aromatic N) is 2. The third-order valence-electron chi connectivity index (χ3n) is 14.4. The van der Waals surface area contributed by atoms with E-state index in [1.807, 2.05) is 60.7 Å². The van der Waals surface area contributed by atoms with Crippen molar-refractivity contribution in [2.75, 3.05) is 0 Å². The van der Waals surface area contributed by atoms with Crippen LogP contribution in [0.2, 0.25) is 0 Å². The molecular weight excluding hydrogens is 947 g/mol. The Morgan fingerprint density at radius 2 is 1.00 bits per heavy atom. The van der Waals surface area contributed by atoms with Gasteiger partial charge in [0.05, 0.1) is 22.3 Å². The van der Waals surface area contributed by atoms with Crippen molar-refractivity contribution in [1.82, 2.24) is 9.38 Å². The first-order valence-electron chi connectivity index (χ1n) is 22.9. The van der Waals surface area contributed by atoms with Gasteiger partial charge in [-0.1, -0.05) is 223 Å². The predicted molar refractivity (Wildman–Crippen MR) is 289 cm³/mol. The van der Waals surface area contributed by atoms with Crippen molar-refractivity contribution in [3.63, 3.8) is 0 Å². The zero-order chi connectivity index (χ0) is 44.9. The molecule has 2 aromatic heterocycles. The second-order valence-corrected chi connectivity index (χ2v) is 21.2. The lowest BCUT2D eigenvalue weighted by Gasteiger charge is -2.31. The smallest absolute Gasteiger partial charge is 0.171 e. The van der Waals surface area contributed by atoms with Gasteiger partial charge in [0, 0.05) is 31.1 Å². The third-order valence-corrected chi connectivity index (χ3v) is 18.1. The highest BCUT2D eigenvalue weighted by molar-refractivity contribution is 14.1. The SMILES string of the molecule is C/C=C\c1c(CI)nc2c3ccccc3c3ccc(-c4ccc(-c5ccc6c(c5)C5(c7ccccc7-c7ccccc75)c5cc(P(=O)(c7ccccc7)c7ccccc7)ccc5-6)cc4)cc3n12. The normalized spacial score (nSPS) is 13.4. The van der Waals surface area contributed by atoms with Crippen molar-refractivity contribution in [2.24, 2.45) is 0 Å². The van der Waals surface area contributed by atoms with E-state index in [2.05, 4.69) is 198 Å². The summed E-state index contributed by atoms with van der Waals surface area (Å²) in [5, 5.41) is 6.10. The molecule has 0 saturated carbocycles. The zero-order valence-corrected chi connectivity index (χ0v) is 39.7. The van der Waals surface area contributed by atoms with Crippen LogP contribution in [-0.4, -0.2) is 9.38 Å². The highest BCUT2D eigenvalue weighted by Gasteiger charge is 2.52. The first kappa shape index (κ1) is 40.2. The van der Waals surface area contributed by atoms with Gasteiger partial charge < -0.3 is 4.57 Å². The number of benzene rings is 9. The zero-order valence-electron chi connectivity index (χ0n) is 36.7. The van der Waals surface area contributed by atoms with Crippen LogP contribution in [0.1, 0.15) is 40.6 Å². The minimum absolute atomic E-state index is 0.612. The lowest BCUT2D eigenvalue weighted by atomic mass is 9.70. The van der Waals surface area contributed by atoms with Crippen LogP contribution in [0.5, 0.6) is 0 Å². The van der Waals surface area contributed by atoms with E-state index in [9.17, 15) is 0 Å². The standard InChI is InChI=1S/C62H42IN2OP/c1-2-15-59-58(39-63)64-61-53-23-10-9-20-47(53)52-34-31-43(37-60(52)65(59)61)41-28-26-40(27-29-41)42-30-33-50-51-35-32-46(67(66,44-16-5-3-6-17-44)45-18-7-4-8-19-45)38-57(51)62(56(50)36-42)54-24-13-11-21-48(54)49-22-12-14-25-55(49)62/h2-38H,39H2,1H3/b15-2-. The van der Waals surface area contributed by atoms with Crippen molar-refractivity contribution in [2.45, 2.75) is 16.8 Å². The molecule has 1 spiro atoms. The van der Waals surface area contributed by atoms with Gasteiger partial charge in [0.25, 0.3) is 0 Å². The van der Waals surface area contributed by atoms with Gasteiger partial charge >= 0.3 is 0 Å². The topological polar surface area (TPSA) is 34.4 Å². The second-order valence-electron chi connectivity index (χ2n) is 17.7. The lowest BCUT2D eigenvalue weighted by Crippen LogP contribution is -2.29. The molecule has 13 rings (SSSR count). The number of allylic oxidation sites excluding steroid dienone is 1. The van der Waals surface area contributed by atoms with Crippen LogP contribution >= 0.6 is 29.7 Å². The van der Waals surface area contributed by atoms with E-state index in [-0.39, 0.29) is 0 Å². The van der Waals surface area contributed by atoms with Crippen LogP contribution < -0.4 is 15.9 Å². The number of pyridine rings is 1. The molecule has 0 fully saturated rings. The molecule has 9 aromatic carbocycles. The summed E-state index contributed by atoms with van der Waals surface area (Å²) in [5.41, 5.74) is 18.2. The number of halogens is 1. The number of rotatable bonds is 7. The van der Waals surface area contributed by atoms with Crippen LogP contribution in [0.25, 0.3) is 77.9 Å². The Morgan fingerprint density at radius 3 is 1.63 bits per heavy atom. The Kier molecular flexibility index (Phi) is 9.29. The summed E-state index contributed by atoms with van der Waals surface area (Å²) < 4.78 is 19.2. The first-order valence-corrected chi connectivity index (χ1v) is 26.1. The Bertz CT molecular complexity index is 3800. The van der Waals surface area contributed by atoms with Gasteiger partial charge in [-0.3, -0.25) is 4.40 Å². The van der Waals surface area contributed by atoms with E-state index in [1.165, 1.54) is 55.3 Å². The highest BCUT2D eigenvalue weighted by atomic mass is 127. The highest BCUT2D eigenvalue weighted by Crippen LogP contribution is 2.63. The minimum atomic E-state index is -3.27. The molecule has 2 aliphatic carbocycles. The predicted octanol–water partition coefficient (Wildman–Crippen LogP) is 14.9. The summed E-state index contributed by atoms with van der Waals surface area (Å²) in [5.74, 6) is 0. The van der Waals surface area contributed by atoms with Crippen LogP contribution in [0.4, 0.5) is 0 Å². The average molecular weight is 989 g/mol. The molecule has 67 heavy (non-hydrogen) atoms. The van der Waals surface area contributed by atoms with E-state index in [0.717, 1.165) is 70.5 Å². The molecule has 5 heteroatoms. The largest absolute Gasteiger partial charge is 0.309 e. The average Bonchev–Trinajstić information content (AvgIpc) is 4.03. The Balaban J connectivity index is 0.972. The van der Waals surface area contributed by atoms with E-state index < -0.39 is 12.6 Å². The van der Waals surface area contributed by atoms with Crippen LogP contribution in [-0.2, 0) is 14.4 Å². The van der Waals surface area contributed by atoms with Gasteiger partial charge in [-0.05, 0) is 103 Å². The van der Waals surface area contributed by atoms with E-state index in [1.54, 1.807) is 0 Å². The van der Waals surface area contributed by atoms with Crippen molar-refractivity contribution < 1.29 is 4.57 Å². The Labute approximate surface area is 403 Å². The maximum Gasteiger partial charge on any atom is 0.171 e. The summed E-state index contributed by atoms with van der Waals surface area (Å²) in [7, 11) is -3.27. The van der Waals surface area contributed by atoms with Crippen LogP contribution in [0.3, 0.4) is 0 Å². The van der Waals surface area contributed by atoms with Gasteiger partial charge in [-0.25, -0.2) is 4.98 Å². The summed E-state index contributed by atoms with van der Waals surface area (Å²) in [6.45, 7) is 2.08. The summed E-state index contributed by atoms with van der Waals surface area (Å²) in [6.07, 6.45) is 4.30. The molecule has 0 aliphatic heterocycles. The molecule has 0 amide bonds. The summed E-state index contributed by atoms with van der Waals surface area (Å²) >= 11 is 2.43. The summed E-state index contributed by atoms with van der Waals surface area (Å²) in [6, 6.07) is 76.1. The molecule has 0 unspecified atom stereocenters. The van der Waals surface area contributed by atoms with Crippen molar-refractivity contribution in [3.8, 4) is 44.5 Å². The number of aromatic nitrogens is 2. The molecule has 0 atom stereocenters. The molecule has 2 heterocycles. The molecule has 3 nitrogen and oxygen atoms in total. The first-order chi connectivity index (χ1) is 33.0. The number of alkyl halides is 1. The lowest BCUT2D eigenvalue weighted by molar-refractivity contribution is 0.592. The van der Waals surface area contributed by atoms with E-state index in [0.29, 0.717) is 0 Å². The molecular formula is C62H42IN2OP. The van der Waals surface area contributed by atoms with Gasteiger partial charge in [-0.15, -0.1) is 0 Å². The molecule has 0 bridgehead atoms. The van der Waals surface area contributed by atoms with E-state index in [4.69, 9.17) is 4.98 Å². The summed E-state index contributed by atoms with van der Waals surface area (Å²) in [4.78, 5) is 5.20. The molecule has 2 aliphatic rings. The van der Waals surface area contributed by atoms with Crippen LogP contribution in [0, 0.1) is 0 Å². The number of hydrogen-bond acceptors (Lipinski definition) is 2. The van der Waals surface area contributed by atoms with Gasteiger partial charge in [0.2, 0.25) is 0 Å². The number of hydrogen-bond donors (Lipinski definition) is 0. The number of imidazole rings is 1. The van der Waals surface area contributed by atoms with Crippen molar-refractivity contribution in [3.05, 3.63) is 252 Å². The molecule has 0 radical (unpaired) electrons. The van der Waals surface area contributed by atoms with Gasteiger partial charge in [0.15, 0.2) is 7.14 Å². The van der Waals surface area contributed by atoms with E-state index >= 15 is 4.57 Å². The Hall–Kier alpha value is -7.11. The van der Waals surface area contributed by atoms with Crippen LogP contribution in [0.15, 0.2) is 218 Å². The van der Waals surface area contributed by atoms with Crippen molar-refractivity contribution >= 4 is 79.0 Å². The van der Waals surface area contributed by atoms with Crippen molar-refractivity contribution in [1.29, 1.82) is 0 Å². The minimum Gasteiger partial charge on any atom is -0.309 e. The fourth-order valence-electron chi connectivity index (χ4n) is 11.4. The molecule has 318 valence electrons. The quantitative estimate of drug-likeness (QED) is 0.0690. The third kappa shape index (κ3) is 5.76. The maximum atomic E-state index is 16.0. The molecule has 0 N–H and O–H groups in total. The Morgan fingerprint density at radius 1 is 0.493 bits per heavy atom. The van der Waals surface area contributed by atoms with Gasteiger partial charge in [-0.2, -0.15) is 0 Å².